The Labute approximate surface area is 210 Å². The molecule has 4 rings (SSSR count). The summed E-state index contributed by atoms with van der Waals surface area (Å²) in [7, 11) is 0. The van der Waals surface area contributed by atoms with Gasteiger partial charge in [-0.2, -0.15) is 13.2 Å². The molecule has 8 heteroatoms. The van der Waals surface area contributed by atoms with Crippen LogP contribution in [0.5, 0.6) is 0 Å². The molecule has 2 aromatic carbocycles. The Morgan fingerprint density at radius 1 is 0.972 bits per heavy atom. The van der Waals surface area contributed by atoms with Crippen molar-refractivity contribution in [2.75, 3.05) is 19.6 Å². The average molecular weight is 502 g/mol. The Morgan fingerprint density at radius 2 is 1.75 bits per heavy atom. The summed E-state index contributed by atoms with van der Waals surface area (Å²) in [5.74, 6) is -0.527. The molecule has 0 radical (unpaired) electrons. The number of Topliss-reactive ketones (excluding diaryl/α,β-unsaturated/α-hetero) is 1. The highest BCUT2D eigenvalue weighted by Crippen LogP contribution is 2.30. The zero-order valence-corrected chi connectivity index (χ0v) is 20.4. The van der Waals surface area contributed by atoms with Gasteiger partial charge in [-0.15, -0.1) is 0 Å². The lowest BCUT2D eigenvalue weighted by Gasteiger charge is -2.38. The molecule has 1 amide bonds. The van der Waals surface area contributed by atoms with Gasteiger partial charge in [0.15, 0.2) is 5.78 Å². The molecule has 2 N–H and O–H groups in total. The van der Waals surface area contributed by atoms with E-state index in [1.807, 2.05) is 6.07 Å². The number of rotatable bonds is 9. The number of hydrogen-bond acceptors (Lipinski definition) is 4. The highest BCUT2D eigenvalue weighted by atomic mass is 19.4. The molecule has 2 aromatic rings. The van der Waals surface area contributed by atoms with Gasteiger partial charge in [-0.25, -0.2) is 0 Å². The molecular weight excluding hydrogens is 467 g/mol. The molecule has 2 fully saturated rings. The number of carbonyl (C=O) groups is 2. The van der Waals surface area contributed by atoms with Gasteiger partial charge < -0.3 is 10.6 Å². The van der Waals surface area contributed by atoms with Crippen LogP contribution >= 0.6 is 0 Å². The van der Waals surface area contributed by atoms with Crippen LogP contribution in [0.1, 0.15) is 60.0 Å². The molecule has 1 aliphatic heterocycles. The quantitative estimate of drug-likeness (QED) is 0.518. The van der Waals surface area contributed by atoms with Gasteiger partial charge in [0.2, 0.25) is 0 Å². The van der Waals surface area contributed by atoms with Crippen LogP contribution < -0.4 is 10.6 Å². The van der Waals surface area contributed by atoms with E-state index in [4.69, 9.17) is 0 Å². The van der Waals surface area contributed by atoms with Gasteiger partial charge in [-0.1, -0.05) is 49.2 Å². The summed E-state index contributed by atoms with van der Waals surface area (Å²) in [6.07, 6.45) is 1.54. The van der Waals surface area contributed by atoms with Crippen molar-refractivity contribution in [3.63, 3.8) is 0 Å². The topological polar surface area (TPSA) is 61.4 Å². The van der Waals surface area contributed by atoms with E-state index < -0.39 is 17.6 Å². The fraction of sp³-hybridized carbons (Fsp3) is 0.500. The number of benzene rings is 2. The number of hydrogen-bond donors (Lipinski definition) is 2. The first kappa shape index (κ1) is 26.4. The summed E-state index contributed by atoms with van der Waals surface area (Å²) in [6.45, 7) is 2.50. The molecule has 0 aromatic heterocycles. The van der Waals surface area contributed by atoms with Crippen molar-refractivity contribution in [1.29, 1.82) is 0 Å². The van der Waals surface area contributed by atoms with Crippen LogP contribution in [-0.2, 0) is 17.5 Å². The molecule has 2 aliphatic rings. The van der Waals surface area contributed by atoms with Crippen molar-refractivity contribution < 1.29 is 22.8 Å². The molecule has 0 unspecified atom stereocenters. The molecule has 0 bridgehead atoms. The number of amides is 1. The molecular formula is C28H34F3N3O2. The third-order valence-electron chi connectivity index (χ3n) is 7.34. The molecule has 36 heavy (non-hydrogen) atoms. The Hall–Kier alpha value is -2.71. The minimum absolute atomic E-state index is 0.0930. The van der Waals surface area contributed by atoms with E-state index in [9.17, 15) is 22.8 Å². The molecule has 1 aliphatic carbocycles. The lowest BCUT2D eigenvalue weighted by atomic mass is 9.89. The Kier molecular flexibility index (Phi) is 8.80. The molecule has 0 spiro atoms. The number of likely N-dealkylation sites (tertiary alicyclic amines) is 1. The molecule has 5 nitrogen and oxygen atoms in total. The zero-order chi connectivity index (χ0) is 25.5. The maximum Gasteiger partial charge on any atom is 0.416 e. The minimum atomic E-state index is -4.52. The predicted octanol–water partition coefficient (Wildman–Crippen LogP) is 4.82. The number of halogens is 3. The predicted molar refractivity (Wildman–Crippen MR) is 132 cm³/mol. The maximum absolute atomic E-state index is 12.9. The fourth-order valence-corrected chi connectivity index (χ4v) is 5.47. The van der Waals surface area contributed by atoms with Crippen LogP contribution in [0.15, 0.2) is 54.6 Å². The second-order valence-corrected chi connectivity index (χ2v) is 9.98. The number of alkyl halides is 3. The van der Waals surface area contributed by atoms with Gasteiger partial charge in [0.1, 0.15) is 0 Å². The van der Waals surface area contributed by atoms with Crippen LogP contribution in [0.25, 0.3) is 0 Å². The SMILES string of the molecule is O=C(CNC(=O)c1cccc(C(F)(F)F)c1)C[C@@H]1CCN([C@H]2CCCC[C@H]2NCc2ccccc2)C1. The van der Waals surface area contributed by atoms with Crippen molar-refractivity contribution in [3.05, 3.63) is 71.3 Å². The van der Waals surface area contributed by atoms with Crippen molar-refractivity contribution in [2.24, 2.45) is 5.92 Å². The molecule has 1 saturated heterocycles. The summed E-state index contributed by atoms with van der Waals surface area (Å²) in [5, 5.41) is 6.24. The van der Waals surface area contributed by atoms with E-state index in [1.54, 1.807) is 0 Å². The van der Waals surface area contributed by atoms with E-state index >= 15 is 0 Å². The highest BCUT2D eigenvalue weighted by molar-refractivity contribution is 5.96. The summed E-state index contributed by atoms with van der Waals surface area (Å²) in [5.41, 5.74) is 0.293. The summed E-state index contributed by atoms with van der Waals surface area (Å²) in [4.78, 5) is 27.3. The lowest BCUT2D eigenvalue weighted by molar-refractivity contribution is -0.137. The highest BCUT2D eigenvalue weighted by Gasteiger charge is 2.35. The van der Waals surface area contributed by atoms with Crippen LogP contribution in [-0.4, -0.2) is 48.3 Å². The monoisotopic (exact) mass is 501 g/mol. The second kappa shape index (κ2) is 12.0. The zero-order valence-electron chi connectivity index (χ0n) is 20.4. The van der Waals surface area contributed by atoms with E-state index in [2.05, 4.69) is 39.8 Å². The van der Waals surface area contributed by atoms with Gasteiger partial charge >= 0.3 is 6.18 Å². The van der Waals surface area contributed by atoms with Crippen molar-refractivity contribution in [3.8, 4) is 0 Å². The fourth-order valence-electron chi connectivity index (χ4n) is 5.47. The third-order valence-corrected chi connectivity index (χ3v) is 7.34. The van der Waals surface area contributed by atoms with Gasteiger partial charge in [0.25, 0.3) is 5.91 Å². The first-order valence-corrected chi connectivity index (χ1v) is 12.8. The largest absolute Gasteiger partial charge is 0.416 e. The van der Waals surface area contributed by atoms with Gasteiger partial charge in [-0.05, 0) is 55.5 Å². The van der Waals surface area contributed by atoms with Crippen molar-refractivity contribution in [2.45, 2.75) is 63.3 Å². The standard InChI is InChI=1S/C28H34F3N3O2/c29-28(30,31)23-10-6-9-22(16-23)27(36)33-18-24(35)15-21-13-14-34(19-21)26-12-5-4-11-25(26)32-17-20-7-2-1-3-8-20/h1-3,6-10,16,21,25-26,32H,4-5,11-15,17-19H2,(H,33,36)/t21-,25+,26-/m0/s1. The Morgan fingerprint density at radius 3 is 2.53 bits per heavy atom. The number of ketones is 1. The summed E-state index contributed by atoms with van der Waals surface area (Å²) < 4.78 is 38.7. The summed E-state index contributed by atoms with van der Waals surface area (Å²) >= 11 is 0. The number of carbonyl (C=O) groups excluding carboxylic acids is 2. The van der Waals surface area contributed by atoms with E-state index in [-0.39, 0.29) is 23.8 Å². The third kappa shape index (κ3) is 7.17. The van der Waals surface area contributed by atoms with Crippen LogP contribution in [0.3, 0.4) is 0 Å². The Balaban J connectivity index is 1.23. The number of nitrogens with zero attached hydrogens (tertiary/aromatic N) is 1. The van der Waals surface area contributed by atoms with Gasteiger partial charge in [-0.3, -0.25) is 14.5 Å². The molecule has 1 saturated carbocycles. The van der Waals surface area contributed by atoms with Gasteiger partial charge in [0.05, 0.1) is 12.1 Å². The molecule has 194 valence electrons. The lowest BCUT2D eigenvalue weighted by Crippen LogP contribution is -2.50. The van der Waals surface area contributed by atoms with E-state index in [0.29, 0.717) is 18.5 Å². The minimum Gasteiger partial charge on any atom is -0.345 e. The Bertz CT molecular complexity index is 1030. The average Bonchev–Trinajstić information content (AvgIpc) is 3.34. The molecule has 1 heterocycles. The van der Waals surface area contributed by atoms with E-state index in [1.165, 1.54) is 30.5 Å². The van der Waals surface area contributed by atoms with Gasteiger partial charge in [0, 0.05) is 37.2 Å². The van der Waals surface area contributed by atoms with Crippen LogP contribution in [0.2, 0.25) is 0 Å². The van der Waals surface area contributed by atoms with Crippen LogP contribution in [0, 0.1) is 5.92 Å². The normalized spacial score (nSPS) is 22.9. The van der Waals surface area contributed by atoms with Crippen molar-refractivity contribution in [1.82, 2.24) is 15.5 Å². The number of nitrogens with one attached hydrogen (secondary N) is 2. The smallest absolute Gasteiger partial charge is 0.345 e. The van der Waals surface area contributed by atoms with Crippen LogP contribution in [0.4, 0.5) is 13.2 Å². The maximum atomic E-state index is 12.9. The van der Waals surface area contributed by atoms with Crippen molar-refractivity contribution >= 4 is 11.7 Å². The van der Waals surface area contributed by atoms with E-state index in [0.717, 1.165) is 51.0 Å². The summed E-state index contributed by atoms with van der Waals surface area (Å²) in [6, 6.07) is 15.5. The second-order valence-electron chi connectivity index (χ2n) is 9.98. The first-order chi connectivity index (χ1) is 17.3. The first-order valence-electron chi connectivity index (χ1n) is 12.8. The molecule has 3 atom stereocenters.